The Labute approximate surface area is 126 Å². The van der Waals surface area contributed by atoms with Crippen LogP contribution in [-0.2, 0) is 4.79 Å². The first-order chi connectivity index (χ1) is 10.6. The van der Waals surface area contributed by atoms with Crippen LogP contribution in [-0.4, -0.2) is 28.7 Å². The lowest BCUT2D eigenvalue weighted by Gasteiger charge is -2.17. The number of nitrogens with one attached hydrogen (secondary N) is 1. The van der Waals surface area contributed by atoms with E-state index in [0.717, 1.165) is 0 Å². The van der Waals surface area contributed by atoms with Crippen molar-refractivity contribution >= 4 is 18.2 Å². The van der Waals surface area contributed by atoms with Crippen LogP contribution in [0.5, 0.6) is 0 Å². The van der Waals surface area contributed by atoms with E-state index in [1.807, 2.05) is 0 Å². The van der Waals surface area contributed by atoms with Gasteiger partial charge in [-0.25, -0.2) is 26.7 Å². The molecule has 1 aromatic rings. The average Bonchev–Trinajstić information content (AvgIpc) is 2.74. The fourth-order valence-corrected chi connectivity index (χ4v) is 1.86. The summed E-state index contributed by atoms with van der Waals surface area (Å²) in [6, 6.07) is -0.973. The van der Waals surface area contributed by atoms with Crippen molar-refractivity contribution in [2.45, 2.75) is 25.8 Å². The van der Waals surface area contributed by atoms with Gasteiger partial charge in [0.15, 0.2) is 23.3 Å². The summed E-state index contributed by atoms with van der Waals surface area (Å²) >= 11 is 0. The van der Waals surface area contributed by atoms with Gasteiger partial charge in [-0.05, 0) is 13.3 Å². The second-order valence-corrected chi connectivity index (χ2v) is 4.96. The predicted molar refractivity (Wildman–Crippen MR) is 67.9 cm³/mol. The highest BCUT2D eigenvalue weighted by molar-refractivity contribution is 6.07. The number of benzene rings is 1. The number of urea groups is 1. The Hall–Kier alpha value is -2.52. The van der Waals surface area contributed by atoms with Crippen LogP contribution in [0.25, 0.3) is 0 Å². The summed E-state index contributed by atoms with van der Waals surface area (Å²) in [5, 5.41) is 5.81. The third-order valence-electron chi connectivity index (χ3n) is 3.49. The summed E-state index contributed by atoms with van der Waals surface area (Å²) in [6.07, 6.45) is 0.446. The first-order valence-corrected chi connectivity index (χ1v) is 6.36. The van der Waals surface area contributed by atoms with Crippen LogP contribution in [0, 0.1) is 29.1 Å². The van der Waals surface area contributed by atoms with Crippen LogP contribution in [0.2, 0.25) is 0 Å². The number of nitrogens with zero attached hydrogens (tertiary/aromatic N) is 2. The molecule has 1 saturated heterocycles. The van der Waals surface area contributed by atoms with E-state index in [-0.39, 0.29) is 17.6 Å². The highest BCUT2D eigenvalue weighted by Gasteiger charge is 2.47. The Morgan fingerprint density at radius 3 is 1.96 bits per heavy atom. The molecule has 1 aromatic carbocycles. The van der Waals surface area contributed by atoms with Crippen molar-refractivity contribution in [1.82, 2.24) is 10.3 Å². The standard InChI is InChI=1S/C13H10F5N3O2/c1-3-13(2)11(22)21(12(23)20-13)19-4-5-6(14)8(16)10(18)9(17)7(5)15/h4H,3H2,1-2H3,(H,20,23)/b19-4-/t13-/m1/s1. The van der Waals surface area contributed by atoms with E-state index in [4.69, 9.17) is 0 Å². The van der Waals surface area contributed by atoms with Crippen LogP contribution in [0.15, 0.2) is 5.10 Å². The van der Waals surface area contributed by atoms with Crippen molar-refractivity contribution in [3.05, 3.63) is 34.6 Å². The lowest BCUT2D eigenvalue weighted by molar-refractivity contribution is -0.130. The molecule has 1 N–H and O–H groups in total. The van der Waals surface area contributed by atoms with E-state index in [1.165, 1.54) is 6.92 Å². The molecule has 10 heteroatoms. The maximum absolute atomic E-state index is 13.5. The summed E-state index contributed by atoms with van der Waals surface area (Å²) in [5.41, 5.74) is -2.61. The molecule has 1 fully saturated rings. The van der Waals surface area contributed by atoms with Gasteiger partial charge < -0.3 is 5.32 Å². The van der Waals surface area contributed by atoms with E-state index >= 15 is 0 Å². The Kier molecular flexibility index (Phi) is 4.10. The van der Waals surface area contributed by atoms with Crippen LogP contribution in [0.3, 0.4) is 0 Å². The maximum atomic E-state index is 13.5. The summed E-state index contributed by atoms with van der Waals surface area (Å²) < 4.78 is 66.0. The molecule has 5 nitrogen and oxygen atoms in total. The molecule has 0 radical (unpaired) electrons. The topological polar surface area (TPSA) is 61.8 Å². The first kappa shape index (κ1) is 16.8. The first-order valence-electron chi connectivity index (χ1n) is 6.36. The molecule has 23 heavy (non-hydrogen) atoms. The van der Waals surface area contributed by atoms with Gasteiger partial charge in [-0.1, -0.05) is 6.92 Å². The molecule has 3 amide bonds. The minimum atomic E-state index is -2.31. The molecule has 0 aliphatic carbocycles. The molecule has 0 unspecified atom stereocenters. The van der Waals surface area contributed by atoms with Crippen LogP contribution >= 0.6 is 0 Å². The molecule has 1 atom stereocenters. The minimum absolute atomic E-state index is 0.214. The molecule has 0 spiro atoms. The molecule has 1 heterocycles. The van der Waals surface area contributed by atoms with E-state index in [1.54, 1.807) is 6.92 Å². The van der Waals surface area contributed by atoms with Gasteiger partial charge in [0.05, 0.1) is 11.8 Å². The zero-order valence-corrected chi connectivity index (χ0v) is 11.9. The summed E-state index contributed by atoms with van der Waals surface area (Å²) in [6.45, 7) is 3.01. The maximum Gasteiger partial charge on any atom is 0.346 e. The quantitative estimate of drug-likeness (QED) is 0.303. The van der Waals surface area contributed by atoms with Crippen molar-refractivity contribution in [2.24, 2.45) is 5.10 Å². The fourth-order valence-electron chi connectivity index (χ4n) is 1.86. The second-order valence-electron chi connectivity index (χ2n) is 4.96. The number of imide groups is 1. The normalized spacial score (nSPS) is 21.4. The Bertz CT molecular complexity index is 708. The highest BCUT2D eigenvalue weighted by Crippen LogP contribution is 2.23. The lowest BCUT2D eigenvalue weighted by Crippen LogP contribution is -2.42. The van der Waals surface area contributed by atoms with Gasteiger partial charge in [0.2, 0.25) is 5.82 Å². The highest BCUT2D eigenvalue weighted by atomic mass is 19.2. The van der Waals surface area contributed by atoms with Crippen molar-refractivity contribution < 1.29 is 31.5 Å². The Morgan fingerprint density at radius 2 is 1.52 bits per heavy atom. The van der Waals surface area contributed by atoms with E-state index in [9.17, 15) is 31.5 Å². The third kappa shape index (κ3) is 2.53. The SMILES string of the molecule is CC[C@@]1(C)NC(=O)N(/N=C\c2c(F)c(F)c(F)c(F)c2F)C1=O. The van der Waals surface area contributed by atoms with E-state index in [2.05, 4.69) is 10.4 Å². The lowest BCUT2D eigenvalue weighted by atomic mass is 10.00. The van der Waals surface area contributed by atoms with Crippen molar-refractivity contribution in [3.8, 4) is 0 Å². The third-order valence-corrected chi connectivity index (χ3v) is 3.49. The fraction of sp³-hybridized carbons (Fsp3) is 0.308. The van der Waals surface area contributed by atoms with Crippen LogP contribution in [0.1, 0.15) is 25.8 Å². The largest absolute Gasteiger partial charge is 0.346 e. The number of carbonyl (C=O) groups excluding carboxylic acids is 2. The monoisotopic (exact) mass is 335 g/mol. The molecule has 124 valence electrons. The van der Waals surface area contributed by atoms with Crippen molar-refractivity contribution in [2.75, 3.05) is 0 Å². The zero-order valence-electron chi connectivity index (χ0n) is 11.9. The molecule has 1 aliphatic heterocycles. The van der Waals surface area contributed by atoms with Gasteiger partial charge in [0.1, 0.15) is 5.54 Å². The molecule has 0 bridgehead atoms. The van der Waals surface area contributed by atoms with Gasteiger partial charge in [0.25, 0.3) is 5.91 Å². The summed E-state index contributed by atoms with van der Waals surface area (Å²) in [7, 11) is 0. The molecular weight excluding hydrogens is 325 g/mol. The van der Waals surface area contributed by atoms with Gasteiger partial charge >= 0.3 is 6.03 Å². The number of amides is 3. The molecular formula is C13H10F5N3O2. The Morgan fingerprint density at radius 1 is 1.04 bits per heavy atom. The average molecular weight is 335 g/mol. The minimum Gasteiger partial charge on any atom is -0.322 e. The number of hydrogen-bond acceptors (Lipinski definition) is 3. The predicted octanol–water partition coefficient (Wildman–Crippen LogP) is 2.44. The van der Waals surface area contributed by atoms with Gasteiger partial charge in [-0.3, -0.25) is 4.79 Å². The van der Waals surface area contributed by atoms with Gasteiger partial charge in [-0.15, -0.1) is 5.01 Å². The Balaban J connectivity index is 2.43. The van der Waals surface area contributed by atoms with Gasteiger partial charge in [-0.2, -0.15) is 5.10 Å². The van der Waals surface area contributed by atoms with Crippen LogP contribution < -0.4 is 5.32 Å². The molecule has 0 saturated carbocycles. The molecule has 1 aliphatic rings. The number of carbonyl (C=O) groups is 2. The van der Waals surface area contributed by atoms with E-state index in [0.29, 0.717) is 0 Å². The van der Waals surface area contributed by atoms with Crippen molar-refractivity contribution in [3.63, 3.8) is 0 Å². The number of hydrogen-bond donors (Lipinski definition) is 1. The smallest absolute Gasteiger partial charge is 0.322 e. The van der Waals surface area contributed by atoms with E-state index < -0.39 is 52.1 Å². The summed E-state index contributed by atoms with van der Waals surface area (Å²) in [5.74, 6) is -11.7. The number of hydrazone groups is 1. The summed E-state index contributed by atoms with van der Waals surface area (Å²) in [4.78, 5) is 23.6. The molecule has 2 rings (SSSR count). The van der Waals surface area contributed by atoms with Crippen LogP contribution in [0.4, 0.5) is 26.7 Å². The van der Waals surface area contributed by atoms with Crippen molar-refractivity contribution in [1.29, 1.82) is 0 Å². The zero-order chi connectivity index (χ0) is 17.5. The van der Waals surface area contributed by atoms with Gasteiger partial charge in [0, 0.05) is 0 Å². The number of rotatable bonds is 3. The number of halogens is 5. The second kappa shape index (κ2) is 5.60. The molecule has 0 aromatic heterocycles.